The van der Waals surface area contributed by atoms with Crippen LogP contribution in [0.3, 0.4) is 0 Å². The van der Waals surface area contributed by atoms with Crippen molar-refractivity contribution in [2.45, 2.75) is 0 Å². The van der Waals surface area contributed by atoms with E-state index in [0.29, 0.717) is 4.98 Å². The lowest BCUT2D eigenvalue weighted by atomic mass is 10.5. The molecule has 0 radical (unpaired) electrons. The molecule has 6 heavy (non-hydrogen) atoms. The minimum absolute atomic E-state index is 0.350. The van der Waals surface area contributed by atoms with Crippen molar-refractivity contribution in [1.82, 2.24) is 0 Å². The maximum absolute atomic E-state index is 7.11. The largest absolute Gasteiger partial charge is 0.453 e. The highest BCUT2D eigenvalue weighted by molar-refractivity contribution is 4.82. The van der Waals surface area contributed by atoms with Crippen LogP contribution in [0.5, 0.6) is 0 Å². The van der Waals surface area contributed by atoms with Crippen molar-refractivity contribution in [3.8, 4) is 0 Å². The van der Waals surface area contributed by atoms with E-state index in [2.05, 4.69) is 0 Å². The first kappa shape index (κ1) is 0.713. The van der Waals surface area contributed by atoms with Crippen LogP contribution >= 0.6 is 0 Å². The van der Waals surface area contributed by atoms with E-state index in [9.17, 15) is 0 Å². The van der Waals surface area contributed by atoms with Gasteiger partial charge in [-0.2, -0.15) is 0 Å². The zero-order valence-electron chi connectivity index (χ0n) is 8.95. The predicted molar refractivity (Wildman–Crippen MR) is 23.0 cm³/mol. The lowest BCUT2D eigenvalue weighted by molar-refractivity contribution is -0.377. The lowest BCUT2D eigenvalue weighted by Crippen LogP contribution is -1.93. The normalized spacial score (nSPS) is 22.0. The van der Waals surface area contributed by atoms with Gasteiger partial charge in [-0.1, -0.05) is 6.04 Å². The van der Waals surface area contributed by atoms with Crippen LogP contribution in [0, 0.1) is 0 Å². The molecule has 1 aromatic rings. The van der Waals surface area contributed by atoms with Crippen LogP contribution in [-0.2, 0) is 0 Å². The molecule has 0 atom stereocenters. The Bertz CT molecular complexity index is 230. The molecule has 1 heterocycles. The molecule has 0 unspecified atom stereocenters. The lowest BCUT2D eigenvalue weighted by Gasteiger charge is -1.63. The van der Waals surface area contributed by atoms with Crippen molar-refractivity contribution >= 4 is 0 Å². The van der Waals surface area contributed by atoms with Crippen molar-refractivity contribution in [1.29, 1.82) is 0 Å². The topological polar surface area (TPSA) is 14.1 Å². The molecule has 30 valence electrons. The van der Waals surface area contributed by atoms with Gasteiger partial charge in [0, 0.05) is 12.1 Å². The fourth-order valence-electron chi connectivity index (χ4n) is 0.171. The third-order valence-corrected chi connectivity index (χ3v) is 0.349. The van der Waals surface area contributed by atoms with Gasteiger partial charge in [-0.3, -0.25) is 0 Å². The van der Waals surface area contributed by atoms with Crippen LogP contribution in [0.4, 0.5) is 0 Å². The Labute approximate surface area is 45.1 Å². The summed E-state index contributed by atoms with van der Waals surface area (Å²) in [7, 11) is 0. The van der Waals surface area contributed by atoms with Crippen molar-refractivity contribution < 1.29 is 13.2 Å². The summed E-state index contributed by atoms with van der Waals surface area (Å²) < 4.78 is 42.5. The number of hydrogen-bond acceptors (Lipinski definition) is 0. The molecule has 0 saturated carbocycles. The molecule has 0 bridgehead atoms. The Morgan fingerprint density at radius 2 is 2.00 bits per heavy atom. The summed E-state index contributed by atoms with van der Waals surface area (Å²) in [5.74, 6) is 0. The highest BCUT2D eigenvalue weighted by Crippen LogP contribution is 1.68. The molecule has 1 rings (SSSR count). The summed E-state index contributed by atoms with van der Waals surface area (Å²) in [5, 5.41) is 0. The number of rotatable bonds is 0. The molecular formula is C5H6N+. The summed E-state index contributed by atoms with van der Waals surface area (Å²) in [5.41, 5.74) is 0. The van der Waals surface area contributed by atoms with Gasteiger partial charge in [0.05, 0.1) is 4.11 Å². The minimum atomic E-state index is -0.541. The highest BCUT2D eigenvalue weighted by atomic mass is 14.6. The second kappa shape index (κ2) is 1.55. The molecule has 0 aliphatic heterocycles. The average molecular weight is 86.1 g/mol. The van der Waals surface area contributed by atoms with Crippen molar-refractivity contribution in [3.63, 3.8) is 0 Å². The Kier molecular flexibility index (Phi) is 0.185. The maximum Gasteiger partial charge on any atom is 0.453 e. The maximum atomic E-state index is 7.11. The van der Waals surface area contributed by atoms with Gasteiger partial charge >= 0.3 is 1.41 Å². The van der Waals surface area contributed by atoms with E-state index in [4.69, 9.17) is 8.27 Å². The number of hydrogen-bond donors (Lipinski definition) is 0. The SMILES string of the molecule is [2H]c1c([2H])c([2H])[n+]([2H])c([2H])c1[2H]. The summed E-state index contributed by atoms with van der Waals surface area (Å²) in [4.78, 5) is 0.350. The standard InChI is InChI=1S/C5H5N/c1-2-4-6-5-3-1/h1-5H/p+1/i1D,2D,3D,4D,5D/hD. The van der Waals surface area contributed by atoms with Gasteiger partial charge in [-0.05, 0) is 0 Å². The molecule has 0 fully saturated rings. The number of pyridine rings is 1. The first-order valence-electron chi connectivity index (χ1n) is 4.39. The third kappa shape index (κ3) is 0.549. The van der Waals surface area contributed by atoms with Gasteiger partial charge in [0.1, 0.15) is 2.74 Å². The summed E-state index contributed by atoms with van der Waals surface area (Å²) in [6.45, 7) is 0. The van der Waals surface area contributed by atoms with Crippen molar-refractivity contribution in [2.75, 3.05) is 0 Å². The molecule has 1 N–H and O–H groups in total. The van der Waals surface area contributed by atoms with E-state index in [-0.39, 0.29) is 0 Å². The van der Waals surface area contributed by atoms with Gasteiger partial charge in [0.2, 0.25) is 0 Å². The fourth-order valence-corrected chi connectivity index (χ4v) is 0.171. The van der Waals surface area contributed by atoms with Crippen LogP contribution in [-0.4, -0.2) is 0 Å². The van der Waals surface area contributed by atoms with E-state index >= 15 is 0 Å². The van der Waals surface area contributed by atoms with Crippen LogP contribution in [0.1, 0.15) is 6.85 Å². The molecule has 0 spiro atoms. The molecule has 0 amide bonds. The summed E-state index contributed by atoms with van der Waals surface area (Å²) in [6.07, 6.45) is -1.08. The monoisotopic (exact) mass is 86.1 g/mol. The second-order valence-electron chi connectivity index (χ2n) is 0.710. The van der Waals surface area contributed by atoms with Crippen LogP contribution in [0.15, 0.2) is 30.5 Å². The smallest absolute Gasteiger partial charge is 0.218 e. The zero-order valence-corrected chi connectivity index (χ0v) is 2.95. The van der Waals surface area contributed by atoms with E-state index in [1.165, 1.54) is 0 Å². The van der Waals surface area contributed by atoms with Crippen LogP contribution in [0.25, 0.3) is 0 Å². The molecule has 0 saturated heterocycles. The minimum Gasteiger partial charge on any atom is -0.218 e. The van der Waals surface area contributed by atoms with E-state index in [1.807, 2.05) is 0 Å². The molecule has 0 aliphatic rings. The van der Waals surface area contributed by atoms with Crippen LogP contribution in [0.2, 0.25) is 1.41 Å². The number of nitrogens with one attached hydrogen (secondary N) is 1. The predicted octanol–water partition coefficient (Wildman–Crippen LogP) is 0.501. The molecular weight excluding hydrogens is 74.1 g/mol. The van der Waals surface area contributed by atoms with Crippen molar-refractivity contribution in [3.05, 3.63) is 30.5 Å². The highest BCUT2D eigenvalue weighted by Gasteiger charge is 1.65. The fraction of sp³-hybridized carbons (Fsp3) is 0. The Morgan fingerprint density at radius 1 is 1.33 bits per heavy atom. The average Bonchev–Trinajstić information content (AvgIpc) is 2.08. The van der Waals surface area contributed by atoms with E-state index in [1.54, 1.807) is 0 Å². The molecule has 1 aromatic heterocycles. The molecule has 0 aromatic carbocycles. The van der Waals surface area contributed by atoms with E-state index in [0.717, 1.165) is 0 Å². The summed E-state index contributed by atoms with van der Waals surface area (Å²) >= 11 is 0. The molecule has 1 nitrogen and oxygen atoms in total. The zero-order chi connectivity index (χ0) is 9.46. The molecule has 0 aliphatic carbocycles. The van der Waals surface area contributed by atoms with Gasteiger partial charge in [-0.15, -0.1) is 0 Å². The first-order chi connectivity index (χ1) is 5.46. The van der Waals surface area contributed by atoms with Crippen molar-refractivity contribution in [2.24, 2.45) is 0 Å². The second-order valence-corrected chi connectivity index (χ2v) is 0.710. The quantitative estimate of drug-likeness (QED) is 0.436. The van der Waals surface area contributed by atoms with Gasteiger partial charge in [0.15, 0.2) is 12.3 Å². The van der Waals surface area contributed by atoms with Gasteiger partial charge in [-0.25, -0.2) is 4.98 Å². The number of aromatic amines is 1. The van der Waals surface area contributed by atoms with E-state index < -0.39 is 30.5 Å². The summed E-state index contributed by atoms with van der Waals surface area (Å²) in [6, 6.07) is -1.47. The molecule has 1 heteroatoms. The number of H-pyrrole nitrogens is 1. The van der Waals surface area contributed by atoms with Crippen LogP contribution < -0.4 is 4.98 Å². The Balaban J connectivity index is 3.60. The Hall–Kier alpha value is -0.850. The first-order valence-corrected chi connectivity index (χ1v) is 1.45. The Morgan fingerprint density at radius 3 is 2.67 bits per heavy atom. The number of aromatic nitrogens is 1. The van der Waals surface area contributed by atoms with Gasteiger partial charge < -0.3 is 0 Å². The van der Waals surface area contributed by atoms with Gasteiger partial charge in [0.25, 0.3) is 0 Å². The third-order valence-electron chi connectivity index (χ3n) is 0.349.